The molecule has 0 bridgehead atoms. The van der Waals surface area contributed by atoms with Crippen molar-refractivity contribution in [2.24, 2.45) is 0 Å². The Morgan fingerprint density at radius 2 is 1.67 bits per heavy atom. The van der Waals surface area contributed by atoms with Gasteiger partial charge in [0.05, 0.1) is 10.6 Å². The molecule has 0 saturated heterocycles. The van der Waals surface area contributed by atoms with Crippen LogP contribution in [0.5, 0.6) is 0 Å². The highest BCUT2D eigenvalue weighted by Gasteiger charge is 2.19. The second-order valence-corrected chi connectivity index (χ2v) is 5.67. The van der Waals surface area contributed by atoms with Crippen molar-refractivity contribution in [1.82, 2.24) is 0 Å². The number of hydrogen-bond donors (Lipinski definition) is 0. The summed E-state index contributed by atoms with van der Waals surface area (Å²) in [7, 11) is 0. The smallest absolute Gasteiger partial charge is 0.196 e. The third kappa shape index (κ3) is 2.70. The summed E-state index contributed by atoms with van der Waals surface area (Å²) in [6.45, 7) is 0. The van der Waals surface area contributed by atoms with Gasteiger partial charge < -0.3 is 0 Å². The van der Waals surface area contributed by atoms with E-state index in [1.165, 1.54) is 5.56 Å². The first-order valence-corrected chi connectivity index (χ1v) is 7.25. The molecule has 2 aromatic carbocycles. The molecule has 1 nitrogen and oxygen atoms in total. The molecular weight excluding hydrogens is 294 g/mol. The average Bonchev–Trinajstić information content (AvgIpc) is 2.50. The highest BCUT2D eigenvalue weighted by molar-refractivity contribution is 6.30. The second kappa shape index (κ2) is 5.57. The highest BCUT2D eigenvalue weighted by atomic mass is 35.5. The molecule has 1 aliphatic carbocycles. The summed E-state index contributed by atoms with van der Waals surface area (Å²) >= 11 is 5.51. The Morgan fingerprint density at radius 3 is 2.43 bits per heavy atom. The van der Waals surface area contributed by atoms with Gasteiger partial charge in [0.2, 0.25) is 0 Å². The van der Waals surface area contributed by atoms with Gasteiger partial charge >= 0.3 is 0 Å². The zero-order valence-corrected chi connectivity index (χ0v) is 12.0. The molecule has 3 rings (SSSR count). The van der Waals surface area contributed by atoms with E-state index in [4.69, 9.17) is 11.6 Å². The Labute approximate surface area is 126 Å². The Balaban J connectivity index is 2.01. The van der Waals surface area contributed by atoms with Crippen LogP contribution in [0.2, 0.25) is 5.02 Å². The van der Waals surface area contributed by atoms with Crippen LogP contribution in [0.25, 0.3) is 0 Å². The van der Waals surface area contributed by atoms with Crippen molar-refractivity contribution in [3.63, 3.8) is 0 Å². The van der Waals surface area contributed by atoms with Crippen molar-refractivity contribution in [3.05, 3.63) is 69.2 Å². The normalized spacial score (nSPS) is 13.9. The van der Waals surface area contributed by atoms with Crippen LogP contribution in [0.3, 0.4) is 0 Å². The van der Waals surface area contributed by atoms with Gasteiger partial charge in [-0.3, -0.25) is 4.79 Å². The lowest BCUT2D eigenvalue weighted by atomic mass is 9.89. The van der Waals surface area contributed by atoms with Crippen LogP contribution in [0.4, 0.5) is 8.78 Å². The molecule has 0 N–H and O–H groups in total. The van der Waals surface area contributed by atoms with E-state index in [0.29, 0.717) is 5.56 Å². The lowest BCUT2D eigenvalue weighted by Gasteiger charge is -2.16. The lowest BCUT2D eigenvalue weighted by Crippen LogP contribution is -2.09. The van der Waals surface area contributed by atoms with E-state index in [9.17, 15) is 13.6 Å². The summed E-state index contributed by atoms with van der Waals surface area (Å²) in [5.41, 5.74) is 2.46. The van der Waals surface area contributed by atoms with Crippen molar-refractivity contribution in [2.45, 2.75) is 25.7 Å². The maximum absolute atomic E-state index is 13.8. The molecule has 4 heteroatoms. The van der Waals surface area contributed by atoms with E-state index in [2.05, 4.69) is 0 Å². The molecule has 0 spiro atoms. The van der Waals surface area contributed by atoms with Crippen LogP contribution in [0.15, 0.2) is 30.3 Å². The fourth-order valence-electron chi connectivity index (χ4n) is 2.73. The minimum absolute atomic E-state index is 0.285. The fraction of sp³-hybridized carbons (Fsp3) is 0.235. The predicted molar refractivity (Wildman–Crippen MR) is 77.9 cm³/mol. The molecule has 21 heavy (non-hydrogen) atoms. The number of carbonyl (C=O) groups excluding carboxylic acids is 1. The van der Waals surface area contributed by atoms with E-state index >= 15 is 0 Å². The molecule has 0 aromatic heterocycles. The van der Waals surface area contributed by atoms with E-state index < -0.39 is 17.4 Å². The van der Waals surface area contributed by atoms with E-state index in [1.54, 1.807) is 12.1 Å². The average molecular weight is 307 g/mol. The molecule has 0 amide bonds. The van der Waals surface area contributed by atoms with Crippen molar-refractivity contribution in [2.75, 3.05) is 0 Å². The fourth-order valence-corrected chi connectivity index (χ4v) is 2.88. The monoisotopic (exact) mass is 306 g/mol. The summed E-state index contributed by atoms with van der Waals surface area (Å²) in [6.07, 6.45) is 4.17. The van der Waals surface area contributed by atoms with E-state index in [-0.39, 0.29) is 10.6 Å². The standard InChI is InChI=1S/C17H13ClF2O/c18-14-9-15(19)13(8-16(14)20)17(21)12-6-5-10-3-1-2-4-11(10)7-12/h5-9H,1-4H2. The summed E-state index contributed by atoms with van der Waals surface area (Å²) in [5, 5.41) is -0.325. The Kier molecular flexibility index (Phi) is 3.77. The second-order valence-electron chi connectivity index (χ2n) is 5.27. The Morgan fingerprint density at radius 1 is 0.952 bits per heavy atom. The summed E-state index contributed by atoms with van der Waals surface area (Å²) in [5.74, 6) is -2.11. The molecule has 0 radical (unpaired) electrons. The molecule has 0 fully saturated rings. The molecule has 2 aromatic rings. The number of benzene rings is 2. The van der Waals surface area contributed by atoms with Crippen molar-refractivity contribution in [3.8, 4) is 0 Å². The van der Waals surface area contributed by atoms with E-state index in [0.717, 1.165) is 43.4 Å². The van der Waals surface area contributed by atoms with Gasteiger partial charge in [-0.2, -0.15) is 0 Å². The van der Waals surface area contributed by atoms with Gasteiger partial charge in [0.25, 0.3) is 0 Å². The van der Waals surface area contributed by atoms with Crippen LogP contribution in [-0.2, 0) is 12.8 Å². The number of carbonyl (C=O) groups is 1. The number of halogens is 3. The quantitative estimate of drug-likeness (QED) is 0.579. The third-order valence-corrected chi connectivity index (χ3v) is 4.15. The summed E-state index contributed by atoms with van der Waals surface area (Å²) < 4.78 is 27.3. The minimum Gasteiger partial charge on any atom is -0.288 e. The zero-order valence-electron chi connectivity index (χ0n) is 11.3. The van der Waals surface area contributed by atoms with Crippen LogP contribution in [0.1, 0.15) is 39.9 Å². The van der Waals surface area contributed by atoms with Gasteiger partial charge in [0.15, 0.2) is 5.78 Å². The Hall–Kier alpha value is -1.74. The molecule has 0 saturated carbocycles. The maximum atomic E-state index is 13.8. The molecule has 0 heterocycles. The van der Waals surface area contributed by atoms with Gasteiger partial charge in [-0.15, -0.1) is 0 Å². The van der Waals surface area contributed by atoms with E-state index in [1.807, 2.05) is 6.07 Å². The van der Waals surface area contributed by atoms with Crippen molar-refractivity contribution >= 4 is 17.4 Å². The highest BCUT2D eigenvalue weighted by Crippen LogP contribution is 2.25. The van der Waals surface area contributed by atoms with Gasteiger partial charge in [-0.25, -0.2) is 8.78 Å². The van der Waals surface area contributed by atoms with Gasteiger partial charge in [-0.05, 0) is 55.0 Å². The number of ketones is 1. The van der Waals surface area contributed by atoms with Gasteiger partial charge in [0, 0.05) is 5.56 Å². The van der Waals surface area contributed by atoms with Crippen molar-refractivity contribution < 1.29 is 13.6 Å². The number of aryl methyl sites for hydroxylation is 2. The lowest BCUT2D eigenvalue weighted by molar-refractivity contribution is 0.103. The summed E-state index contributed by atoms with van der Waals surface area (Å²) in [6, 6.07) is 7.08. The largest absolute Gasteiger partial charge is 0.288 e. The van der Waals surface area contributed by atoms with Crippen LogP contribution < -0.4 is 0 Å². The molecule has 0 aliphatic heterocycles. The maximum Gasteiger partial charge on any atom is 0.196 e. The number of fused-ring (bicyclic) bond motifs is 1. The van der Waals surface area contributed by atoms with Crippen LogP contribution in [-0.4, -0.2) is 5.78 Å². The van der Waals surface area contributed by atoms with Crippen LogP contribution >= 0.6 is 11.6 Å². The first-order valence-electron chi connectivity index (χ1n) is 6.87. The number of hydrogen-bond acceptors (Lipinski definition) is 1. The van der Waals surface area contributed by atoms with Gasteiger partial charge in [0.1, 0.15) is 11.6 Å². The summed E-state index contributed by atoms with van der Waals surface area (Å²) in [4.78, 5) is 12.4. The molecule has 1 aliphatic rings. The number of rotatable bonds is 2. The molecule has 0 unspecified atom stereocenters. The zero-order chi connectivity index (χ0) is 15.0. The molecular formula is C17H13ClF2O. The topological polar surface area (TPSA) is 17.1 Å². The predicted octanol–water partition coefficient (Wildman–Crippen LogP) is 4.73. The molecule has 108 valence electrons. The first-order chi connectivity index (χ1) is 10.1. The minimum atomic E-state index is -0.802. The van der Waals surface area contributed by atoms with Gasteiger partial charge in [-0.1, -0.05) is 23.7 Å². The third-order valence-electron chi connectivity index (χ3n) is 3.87. The first kappa shape index (κ1) is 14.2. The van der Waals surface area contributed by atoms with Crippen molar-refractivity contribution in [1.29, 1.82) is 0 Å². The van der Waals surface area contributed by atoms with Crippen LogP contribution in [0, 0.1) is 11.6 Å². The Bertz CT molecular complexity index is 725. The SMILES string of the molecule is O=C(c1ccc2c(c1)CCCC2)c1cc(F)c(Cl)cc1F. The molecule has 0 atom stereocenters.